The topological polar surface area (TPSA) is 113 Å². The number of anilines is 1. The third-order valence-corrected chi connectivity index (χ3v) is 2.68. The molecule has 0 aliphatic heterocycles. The number of carboxylic acids is 1. The van der Waals surface area contributed by atoms with Crippen molar-refractivity contribution in [2.75, 3.05) is 5.73 Å². The van der Waals surface area contributed by atoms with Crippen LogP contribution in [0.2, 0.25) is 0 Å². The first-order valence-electron chi connectivity index (χ1n) is 5.09. The molecule has 5 N–H and O–H groups in total. The maximum Gasteiger partial charge on any atom is 0.328 e. The maximum absolute atomic E-state index is 11.8. The van der Waals surface area contributed by atoms with Crippen molar-refractivity contribution in [3.8, 4) is 0 Å². The minimum Gasteiger partial charge on any atom is -0.480 e. The molecule has 0 aliphatic carbocycles. The zero-order chi connectivity index (χ0) is 13.9. The molecule has 1 aromatic rings. The first kappa shape index (κ1) is 14.5. The minimum atomic E-state index is -1.36. The predicted octanol–water partition coefficient (Wildman–Crippen LogP) is 0.595. The monoisotopic (exact) mass is 316 g/mol. The van der Waals surface area contributed by atoms with E-state index in [0.717, 1.165) is 0 Å². The summed E-state index contributed by atoms with van der Waals surface area (Å²) in [7, 11) is 0. The normalized spacial score (nSPS) is 13.7. The molecule has 6 nitrogen and oxygen atoms in total. The average Bonchev–Trinajstić information content (AvgIpc) is 2.23. The molecule has 7 heteroatoms. The molecule has 2 unspecified atom stereocenters. The van der Waals surface area contributed by atoms with Crippen LogP contribution in [-0.2, 0) is 4.79 Å². The summed E-state index contributed by atoms with van der Waals surface area (Å²) in [4.78, 5) is 22.6. The number of benzene rings is 1. The Labute approximate surface area is 112 Å². The summed E-state index contributed by atoms with van der Waals surface area (Å²) in [6.07, 6.45) is -1.20. The highest BCUT2D eigenvalue weighted by Gasteiger charge is 2.25. The highest BCUT2D eigenvalue weighted by molar-refractivity contribution is 9.10. The van der Waals surface area contributed by atoms with E-state index >= 15 is 0 Å². The van der Waals surface area contributed by atoms with Crippen molar-refractivity contribution in [1.82, 2.24) is 5.32 Å². The van der Waals surface area contributed by atoms with E-state index in [-0.39, 0.29) is 5.56 Å². The molecule has 0 heterocycles. The number of rotatable bonds is 4. The number of aliphatic carboxylic acids is 1. The standard InChI is InChI=1S/C11H13BrN2O4/c1-5(15)9(11(17)18)14-10(16)6-2-7(12)4-8(13)3-6/h2-5,9,15H,13H2,1H3,(H,14,16)(H,17,18). The Kier molecular flexibility index (Phi) is 4.69. The number of carbonyl (C=O) groups excluding carboxylic acids is 1. The summed E-state index contributed by atoms with van der Waals surface area (Å²) in [5, 5.41) is 20.3. The lowest BCUT2D eigenvalue weighted by atomic mass is 10.1. The van der Waals surface area contributed by atoms with Gasteiger partial charge in [0.1, 0.15) is 0 Å². The van der Waals surface area contributed by atoms with Gasteiger partial charge in [-0.3, -0.25) is 4.79 Å². The van der Waals surface area contributed by atoms with Crippen LogP contribution in [-0.4, -0.2) is 34.2 Å². The van der Waals surface area contributed by atoms with Crippen LogP contribution in [0.4, 0.5) is 5.69 Å². The predicted molar refractivity (Wildman–Crippen MR) is 69.1 cm³/mol. The van der Waals surface area contributed by atoms with E-state index in [4.69, 9.17) is 10.8 Å². The second-order valence-electron chi connectivity index (χ2n) is 3.80. The van der Waals surface area contributed by atoms with Crippen molar-refractivity contribution in [3.63, 3.8) is 0 Å². The summed E-state index contributed by atoms with van der Waals surface area (Å²) in [5.41, 5.74) is 6.16. The number of halogens is 1. The quantitative estimate of drug-likeness (QED) is 0.607. The largest absolute Gasteiger partial charge is 0.480 e. The molecule has 0 spiro atoms. The van der Waals surface area contributed by atoms with Crippen molar-refractivity contribution in [3.05, 3.63) is 28.2 Å². The van der Waals surface area contributed by atoms with Crippen molar-refractivity contribution < 1.29 is 19.8 Å². The molecule has 98 valence electrons. The van der Waals surface area contributed by atoms with Gasteiger partial charge in [-0.15, -0.1) is 0 Å². The maximum atomic E-state index is 11.8. The molecular weight excluding hydrogens is 304 g/mol. The van der Waals surface area contributed by atoms with Crippen molar-refractivity contribution in [2.45, 2.75) is 19.1 Å². The lowest BCUT2D eigenvalue weighted by molar-refractivity contribution is -0.141. The molecule has 18 heavy (non-hydrogen) atoms. The van der Waals surface area contributed by atoms with E-state index in [1.54, 1.807) is 6.07 Å². The number of hydrogen-bond acceptors (Lipinski definition) is 4. The molecular formula is C11H13BrN2O4. The second-order valence-corrected chi connectivity index (χ2v) is 4.72. The van der Waals surface area contributed by atoms with E-state index < -0.39 is 24.0 Å². The Morgan fingerprint density at radius 2 is 2.00 bits per heavy atom. The van der Waals surface area contributed by atoms with Gasteiger partial charge in [0.25, 0.3) is 5.91 Å². The SMILES string of the molecule is CC(O)C(NC(=O)c1cc(N)cc(Br)c1)C(=O)O. The molecule has 0 bridgehead atoms. The van der Waals surface area contributed by atoms with Crippen LogP contribution in [0, 0.1) is 0 Å². The van der Waals surface area contributed by atoms with Crippen LogP contribution in [0.5, 0.6) is 0 Å². The van der Waals surface area contributed by atoms with Gasteiger partial charge in [0.05, 0.1) is 6.10 Å². The third kappa shape index (κ3) is 3.71. The molecule has 1 amide bonds. The summed E-state index contributed by atoms with van der Waals surface area (Å²) in [6.45, 7) is 1.29. The van der Waals surface area contributed by atoms with Crippen LogP contribution >= 0.6 is 15.9 Å². The second kappa shape index (κ2) is 5.83. The molecule has 0 fully saturated rings. The summed E-state index contributed by atoms with van der Waals surface area (Å²) >= 11 is 3.18. The van der Waals surface area contributed by atoms with Crippen molar-refractivity contribution in [1.29, 1.82) is 0 Å². The highest BCUT2D eigenvalue weighted by Crippen LogP contribution is 2.17. The van der Waals surface area contributed by atoms with Gasteiger partial charge in [0, 0.05) is 15.7 Å². The number of carboxylic acid groups (broad SMARTS) is 1. The zero-order valence-corrected chi connectivity index (χ0v) is 11.1. The number of carbonyl (C=O) groups is 2. The molecule has 1 aromatic carbocycles. The molecule has 0 radical (unpaired) electrons. The highest BCUT2D eigenvalue weighted by atomic mass is 79.9. The van der Waals surface area contributed by atoms with Crippen molar-refractivity contribution >= 4 is 33.5 Å². The zero-order valence-electron chi connectivity index (χ0n) is 9.55. The van der Waals surface area contributed by atoms with Crippen LogP contribution in [0.3, 0.4) is 0 Å². The number of aliphatic hydroxyl groups excluding tert-OH is 1. The molecule has 2 atom stereocenters. The molecule has 0 aliphatic rings. The molecule has 0 saturated carbocycles. The lowest BCUT2D eigenvalue weighted by Gasteiger charge is -2.17. The van der Waals surface area contributed by atoms with Gasteiger partial charge in [-0.25, -0.2) is 4.79 Å². The van der Waals surface area contributed by atoms with Gasteiger partial charge < -0.3 is 21.3 Å². The Morgan fingerprint density at radius 3 is 2.44 bits per heavy atom. The van der Waals surface area contributed by atoms with Gasteiger partial charge >= 0.3 is 5.97 Å². The van der Waals surface area contributed by atoms with Gasteiger partial charge in [0.15, 0.2) is 6.04 Å². The minimum absolute atomic E-state index is 0.216. The smallest absolute Gasteiger partial charge is 0.328 e. The number of amides is 1. The van der Waals surface area contributed by atoms with E-state index in [2.05, 4.69) is 21.2 Å². The van der Waals surface area contributed by atoms with E-state index in [1.165, 1.54) is 19.1 Å². The number of nitrogens with one attached hydrogen (secondary N) is 1. The lowest BCUT2D eigenvalue weighted by Crippen LogP contribution is -2.47. The Morgan fingerprint density at radius 1 is 1.39 bits per heavy atom. The number of hydrogen-bond donors (Lipinski definition) is 4. The van der Waals surface area contributed by atoms with Crippen molar-refractivity contribution in [2.24, 2.45) is 0 Å². The van der Waals surface area contributed by atoms with Gasteiger partial charge in [-0.2, -0.15) is 0 Å². The summed E-state index contributed by atoms with van der Waals surface area (Å²) in [6, 6.07) is 3.17. The molecule has 0 saturated heterocycles. The van der Waals surface area contributed by atoms with Gasteiger partial charge in [0.2, 0.25) is 0 Å². The molecule has 0 aromatic heterocycles. The third-order valence-electron chi connectivity index (χ3n) is 2.22. The molecule has 1 rings (SSSR count). The van der Waals surface area contributed by atoms with Gasteiger partial charge in [-0.1, -0.05) is 15.9 Å². The van der Waals surface area contributed by atoms with Crippen LogP contribution in [0.15, 0.2) is 22.7 Å². The fourth-order valence-electron chi connectivity index (χ4n) is 1.36. The fraction of sp³-hybridized carbons (Fsp3) is 0.273. The average molecular weight is 317 g/mol. The first-order chi connectivity index (χ1) is 8.31. The van der Waals surface area contributed by atoms with E-state index in [1.807, 2.05) is 0 Å². The van der Waals surface area contributed by atoms with Crippen LogP contribution in [0.25, 0.3) is 0 Å². The number of aliphatic hydroxyl groups is 1. The number of nitrogen functional groups attached to an aromatic ring is 1. The van der Waals surface area contributed by atoms with Gasteiger partial charge in [-0.05, 0) is 25.1 Å². The summed E-state index contributed by atoms with van der Waals surface area (Å²) < 4.78 is 0.608. The van der Waals surface area contributed by atoms with E-state index in [0.29, 0.717) is 10.2 Å². The Balaban J connectivity index is 2.90. The first-order valence-corrected chi connectivity index (χ1v) is 5.88. The number of nitrogens with two attached hydrogens (primary N) is 1. The van der Waals surface area contributed by atoms with Crippen LogP contribution < -0.4 is 11.1 Å². The fourth-order valence-corrected chi connectivity index (χ4v) is 1.87. The Hall–Kier alpha value is -1.60. The van der Waals surface area contributed by atoms with Crippen LogP contribution in [0.1, 0.15) is 17.3 Å². The Bertz CT molecular complexity index is 456. The van der Waals surface area contributed by atoms with E-state index in [9.17, 15) is 14.7 Å². The summed E-state index contributed by atoms with van der Waals surface area (Å²) in [5.74, 6) is -1.92.